The summed E-state index contributed by atoms with van der Waals surface area (Å²) in [6.45, 7) is 2.13. The van der Waals surface area contributed by atoms with Crippen LogP contribution < -0.4 is 4.74 Å². The maximum absolute atomic E-state index is 11.4. The van der Waals surface area contributed by atoms with Crippen LogP contribution in [0.15, 0.2) is 71.8 Å². The summed E-state index contributed by atoms with van der Waals surface area (Å²) >= 11 is 6.03. The van der Waals surface area contributed by atoms with Crippen LogP contribution in [0.3, 0.4) is 0 Å². The van der Waals surface area contributed by atoms with Gasteiger partial charge in [0.1, 0.15) is 10.8 Å². The van der Waals surface area contributed by atoms with Crippen LogP contribution >= 0.6 is 11.6 Å². The number of rotatable bonds is 4. The first-order valence-corrected chi connectivity index (χ1v) is 10.6. The van der Waals surface area contributed by atoms with Crippen LogP contribution in [0.4, 0.5) is 5.69 Å². The number of benzene rings is 3. The van der Waals surface area contributed by atoms with Gasteiger partial charge >= 0.3 is 0 Å². The maximum atomic E-state index is 11.4. The third-order valence-electron chi connectivity index (χ3n) is 5.85. The van der Waals surface area contributed by atoms with Crippen LogP contribution in [0.2, 0.25) is 5.02 Å². The fraction of sp³-hybridized carbons (Fsp3) is 0.208. The molecule has 2 heterocycles. The summed E-state index contributed by atoms with van der Waals surface area (Å²) in [5.74, 6) is 0.768. The van der Waals surface area contributed by atoms with Crippen molar-refractivity contribution in [3.63, 3.8) is 0 Å². The minimum absolute atomic E-state index is 0.00876. The first kappa shape index (κ1) is 19.6. The Morgan fingerprint density at radius 1 is 1.16 bits per heavy atom. The molecule has 31 heavy (non-hydrogen) atoms. The minimum Gasteiger partial charge on any atom is -0.464 e. The van der Waals surface area contributed by atoms with Crippen molar-refractivity contribution in [1.29, 1.82) is 0 Å². The number of aryl methyl sites for hydroxylation is 1. The SMILES string of the molecule is CCc1ccc(C2=NN3[C@H](C2)c2ccccc2O[C@H]3c2ccc(Cl)c([N+](=O)[O-])c2)cc1. The molecule has 0 spiro atoms. The first-order chi connectivity index (χ1) is 15.0. The molecule has 6 nitrogen and oxygen atoms in total. The van der Waals surface area contributed by atoms with Crippen molar-refractivity contribution < 1.29 is 9.66 Å². The lowest BCUT2D eigenvalue weighted by molar-refractivity contribution is -0.384. The van der Waals surface area contributed by atoms with Gasteiger partial charge < -0.3 is 4.74 Å². The summed E-state index contributed by atoms with van der Waals surface area (Å²) in [4.78, 5) is 10.9. The summed E-state index contributed by atoms with van der Waals surface area (Å²) in [5.41, 5.74) is 4.89. The topological polar surface area (TPSA) is 68.0 Å². The number of fused-ring (bicyclic) bond motifs is 3. The molecule has 0 saturated carbocycles. The minimum atomic E-state index is -0.580. The van der Waals surface area contributed by atoms with E-state index in [-0.39, 0.29) is 16.8 Å². The lowest BCUT2D eigenvalue weighted by atomic mass is 9.95. The number of nitro groups is 1. The van der Waals surface area contributed by atoms with E-state index < -0.39 is 11.2 Å². The Hall–Kier alpha value is -3.38. The van der Waals surface area contributed by atoms with E-state index in [1.54, 1.807) is 6.07 Å². The molecular weight excluding hydrogens is 414 g/mol. The smallest absolute Gasteiger partial charge is 0.288 e. The molecule has 2 aliphatic rings. The van der Waals surface area contributed by atoms with Gasteiger partial charge in [0.15, 0.2) is 0 Å². The molecule has 7 heteroatoms. The number of hydrogen-bond donors (Lipinski definition) is 0. The third-order valence-corrected chi connectivity index (χ3v) is 6.17. The number of halogens is 1. The summed E-state index contributed by atoms with van der Waals surface area (Å²) in [6, 6.07) is 21.1. The normalized spacial score (nSPS) is 19.3. The van der Waals surface area contributed by atoms with Crippen molar-refractivity contribution >= 4 is 23.0 Å². The molecule has 156 valence electrons. The van der Waals surface area contributed by atoms with Crippen molar-refractivity contribution in [1.82, 2.24) is 5.01 Å². The van der Waals surface area contributed by atoms with Crippen molar-refractivity contribution in [3.8, 4) is 5.75 Å². The standard InChI is InChI=1S/C24H20ClN3O3/c1-2-15-7-9-16(10-8-15)20-14-21-18-5-3-4-6-23(18)31-24(27(21)26-20)17-11-12-19(25)22(13-17)28(29)30/h3-13,21,24H,2,14H2,1H3/t21-,24+/m1/s1. The van der Waals surface area contributed by atoms with Crippen molar-refractivity contribution in [2.45, 2.75) is 32.0 Å². The average molecular weight is 434 g/mol. The molecule has 0 bridgehead atoms. The van der Waals surface area contributed by atoms with Gasteiger partial charge in [0, 0.05) is 23.6 Å². The highest BCUT2D eigenvalue weighted by Crippen LogP contribution is 2.48. The van der Waals surface area contributed by atoms with Gasteiger partial charge in [-0.2, -0.15) is 5.10 Å². The van der Waals surface area contributed by atoms with Gasteiger partial charge in [0.25, 0.3) is 5.69 Å². The fourth-order valence-corrected chi connectivity index (χ4v) is 4.37. The molecule has 0 N–H and O–H groups in total. The Morgan fingerprint density at radius 3 is 2.68 bits per heavy atom. The number of nitrogens with zero attached hydrogens (tertiary/aromatic N) is 3. The Kier molecular flexibility index (Phi) is 4.87. The molecule has 5 rings (SSSR count). The number of nitro benzene ring substituents is 1. The van der Waals surface area contributed by atoms with E-state index in [1.807, 2.05) is 29.3 Å². The van der Waals surface area contributed by atoms with Crippen LogP contribution in [0.5, 0.6) is 5.75 Å². The molecule has 0 unspecified atom stereocenters. The second-order valence-electron chi connectivity index (χ2n) is 7.67. The predicted octanol–water partition coefficient (Wildman–Crippen LogP) is 6.05. The fourth-order valence-electron chi connectivity index (χ4n) is 4.18. The number of hydrazone groups is 1. The summed E-state index contributed by atoms with van der Waals surface area (Å²) in [7, 11) is 0. The van der Waals surface area contributed by atoms with Crippen LogP contribution in [0.1, 0.15) is 47.9 Å². The molecule has 0 radical (unpaired) electrons. The van der Waals surface area contributed by atoms with E-state index in [0.29, 0.717) is 5.56 Å². The second kappa shape index (κ2) is 7.71. The highest BCUT2D eigenvalue weighted by atomic mass is 35.5. The van der Waals surface area contributed by atoms with Gasteiger partial charge in [-0.15, -0.1) is 0 Å². The maximum Gasteiger partial charge on any atom is 0.288 e. The molecule has 2 atom stereocenters. The van der Waals surface area contributed by atoms with E-state index in [2.05, 4.69) is 31.2 Å². The van der Waals surface area contributed by atoms with Gasteiger partial charge in [-0.05, 0) is 29.7 Å². The zero-order chi connectivity index (χ0) is 21.5. The summed E-state index contributed by atoms with van der Waals surface area (Å²) in [6.07, 6.45) is 1.14. The number of para-hydroxylation sites is 1. The number of ether oxygens (including phenoxy) is 1. The molecular formula is C24H20ClN3O3. The average Bonchev–Trinajstić information content (AvgIpc) is 3.24. The van der Waals surface area contributed by atoms with Gasteiger partial charge in [-0.1, -0.05) is 67.1 Å². The summed E-state index contributed by atoms with van der Waals surface area (Å²) in [5, 5.41) is 18.3. The first-order valence-electron chi connectivity index (χ1n) is 10.2. The van der Waals surface area contributed by atoms with Gasteiger partial charge in [0.2, 0.25) is 6.23 Å². The van der Waals surface area contributed by atoms with Crippen LogP contribution in [-0.2, 0) is 6.42 Å². The quantitative estimate of drug-likeness (QED) is 0.371. The van der Waals surface area contributed by atoms with E-state index in [4.69, 9.17) is 21.4 Å². The molecule has 0 fully saturated rings. The highest BCUT2D eigenvalue weighted by Gasteiger charge is 2.41. The van der Waals surface area contributed by atoms with E-state index in [1.165, 1.54) is 17.7 Å². The lowest BCUT2D eigenvalue weighted by Crippen LogP contribution is -2.33. The third kappa shape index (κ3) is 3.43. The van der Waals surface area contributed by atoms with Crippen molar-refractivity contribution in [2.75, 3.05) is 0 Å². The van der Waals surface area contributed by atoms with Crippen LogP contribution in [0.25, 0.3) is 0 Å². The lowest BCUT2D eigenvalue weighted by Gasteiger charge is -2.38. The van der Waals surface area contributed by atoms with Gasteiger partial charge in [-0.25, -0.2) is 5.01 Å². The monoisotopic (exact) mass is 433 g/mol. The highest BCUT2D eigenvalue weighted by molar-refractivity contribution is 6.32. The molecule has 0 aromatic heterocycles. The second-order valence-corrected chi connectivity index (χ2v) is 8.08. The predicted molar refractivity (Wildman–Crippen MR) is 119 cm³/mol. The van der Waals surface area contributed by atoms with E-state index in [0.717, 1.165) is 35.4 Å². The zero-order valence-electron chi connectivity index (χ0n) is 16.9. The molecule has 0 saturated heterocycles. The van der Waals surface area contributed by atoms with E-state index >= 15 is 0 Å². The van der Waals surface area contributed by atoms with Crippen molar-refractivity contribution in [3.05, 3.63) is 104 Å². The Morgan fingerprint density at radius 2 is 1.94 bits per heavy atom. The largest absolute Gasteiger partial charge is 0.464 e. The van der Waals surface area contributed by atoms with E-state index in [9.17, 15) is 10.1 Å². The molecule has 0 aliphatic carbocycles. The van der Waals surface area contributed by atoms with Gasteiger partial charge in [-0.3, -0.25) is 10.1 Å². The molecule has 3 aromatic rings. The Labute approximate surface area is 184 Å². The zero-order valence-corrected chi connectivity index (χ0v) is 17.6. The summed E-state index contributed by atoms with van der Waals surface area (Å²) < 4.78 is 6.28. The number of hydrogen-bond acceptors (Lipinski definition) is 5. The Balaban J connectivity index is 1.58. The van der Waals surface area contributed by atoms with Crippen molar-refractivity contribution in [2.24, 2.45) is 5.10 Å². The van der Waals surface area contributed by atoms with Crippen LogP contribution in [-0.4, -0.2) is 15.6 Å². The Bertz CT molecular complexity index is 1190. The molecule has 3 aromatic carbocycles. The van der Waals surface area contributed by atoms with Gasteiger partial charge in [0.05, 0.1) is 16.7 Å². The molecule has 2 aliphatic heterocycles. The molecule has 0 amide bonds. The van der Waals surface area contributed by atoms with Crippen LogP contribution in [0, 0.1) is 10.1 Å².